The fourth-order valence-electron chi connectivity index (χ4n) is 2.83. The predicted octanol–water partition coefficient (Wildman–Crippen LogP) is 2.43. The van der Waals surface area contributed by atoms with Crippen molar-refractivity contribution in [3.05, 3.63) is 23.8 Å². The summed E-state index contributed by atoms with van der Waals surface area (Å²) in [6.07, 6.45) is 0.617. The molecule has 0 aromatic carbocycles. The molecule has 3 atom stereocenters. The molecule has 3 rings (SSSR count). The van der Waals surface area contributed by atoms with Gasteiger partial charge in [0.05, 0.1) is 0 Å². The number of aromatic nitrogens is 2. The Labute approximate surface area is 109 Å². The Morgan fingerprint density at radius 2 is 2.11 bits per heavy atom. The van der Waals surface area contributed by atoms with Gasteiger partial charge in [-0.05, 0) is 50.1 Å². The zero-order valence-corrected chi connectivity index (χ0v) is 10.5. The van der Waals surface area contributed by atoms with E-state index >= 15 is 0 Å². The quantitative estimate of drug-likeness (QED) is 0.917. The Kier molecular flexibility index (Phi) is 3.20. The minimum absolute atomic E-state index is 0.424. The van der Waals surface area contributed by atoms with E-state index in [9.17, 15) is 13.2 Å². The van der Waals surface area contributed by atoms with E-state index in [1.165, 1.54) is 12.6 Å². The monoisotopic (exact) mass is 271 g/mol. The zero-order valence-electron chi connectivity index (χ0n) is 10.5. The van der Waals surface area contributed by atoms with E-state index < -0.39 is 12.0 Å². The highest BCUT2D eigenvalue weighted by molar-refractivity contribution is 5.05. The fraction of sp³-hybridized carbons (Fsp3) is 0.692. The molecule has 1 N–H and O–H groups in total. The van der Waals surface area contributed by atoms with Crippen LogP contribution in [0.25, 0.3) is 0 Å². The topological polar surface area (TPSA) is 37.8 Å². The maximum atomic E-state index is 12.5. The molecule has 2 aliphatic rings. The van der Waals surface area contributed by atoms with Crippen LogP contribution in [0.1, 0.15) is 30.8 Å². The lowest BCUT2D eigenvalue weighted by Crippen LogP contribution is -2.35. The number of fused-ring (bicyclic) bond motifs is 1. The molecular weight excluding hydrogens is 255 g/mol. The first-order chi connectivity index (χ1) is 9.02. The van der Waals surface area contributed by atoms with Gasteiger partial charge in [0.15, 0.2) is 0 Å². The third-order valence-corrected chi connectivity index (χ3v) is 4.04. The number of hydrogen-bond acceptors (Lipinski definition) is 3. The average molecular weight is 271 g/mol. The number of hydrogen-bond donors (Lipinski definition) is 1. The van der Waals surface area contributed by atoms with Crippen LogP contribution < -0.4 is 5.32 Å². The maximum absolute atomic E-state index is 12.5. The molecule has 0 unspecified atom stereocenters. The van der Waals surface area contributed by atoms with Crippen LogP contribution in [0.3, 0.4) is 0 Å². The van der Waals surface area contributed by atoms with Gasteiger partial charge in [-0.25, -0.2) is 9.97 Å². The first-order valence-electron chi connectivity index (χ1n) is 6.65. The number of halogens is 3. The Balaban J connectivity index is 1.57. The molecule has 1 saturated heterocycles. The smallest absolute Gasteiger partial charge is 0.314 e. The third kappa shape index (κ3) is 3.05. The van der Waals surface area contributed by atoms with Crippen molar-refractivity contribution < 1.29 is 13.2 Å². The van der Waals surface area contributed by atoms with Gasteiger partial charge in [0.25, 0.3) is 0 Å². The summed E-state index contributed by atoms with van der Waals surface area (Å²) in [5.41, 5.74) is 0.474. The molecule has 2 heterocycles. The van der Waals surface area contributed by atoms with Gasteiger partial charge in [0.1, 0.15) is 0 Å². The Morgan fingerprint density at radius 1 is 1.26 bits per heavy atom. The van der Waals surface area contributed by atoms with Gasteiger partial charge in [-0.3, -0.25) is 0 Å². The molecule has 1 aliphatic carbocycles. The maximum Gasteiger partial charge on any atom is 0.451 e. The third-order valence-electron chi connectivity index (χ3n) is 4.04. The SMILES string of the molecule is FC(F)(F)c1nccc(CC[C@@H]2C[C@H]3C[C@H]3CN2)n1. The molecule has 1 aliphatic heterocycles. The van der Waals surface area contributed by atoms with E-state index in [2.05, 4.69) is 15.3 Å². The highest BCUT2D eigenvalue weighted by atomic mass is 19.4. The standard InChI is InChI=1S/C13H16F3N3/c14-13(15,16)12-17-4-3-10(19-12)1-2-11-6-8-5-9(8)7-18-11/h3-4,8-9,11,18H,1-2,5-7H2/t8-,9+,11-/m1/s1. The second-order valence-electron chi connectivity index (χ2n) is 5.50. The number of alkyl halides is 3. The summed E-state index contributed by atoms with van der Waals surface area (Å²) >= 11 is 0. The van der Waals surface area contributed by atoms with Crippen LogP contribution in [-0.4, -0.2) is 22.6 Å². The molecule has 1 aromatic heterocycles. The molecule has 19 heavy (non-hydrogen) atoms. The van der Waals surface area contributed by atoms with Crippen LogP contribution in [0.15, 0.2) is 12.3 Å². The molecule has 0 spiro atoms. The molecule has 6 heteroatoms. The lowest BCUT2D eigenvalue weighted by Gasteiger charge is -2.22. The fourth-order valence-corrected chi connectivity index (χ4v) is 2.83. The molecule has 3 nitrogen and oxygen atoms in total. The first kappa shape index (κ1) is 12.8. The van der Waals surface area contributed by atoms with Crippen molar-refractivity contribution >= 4 is 0 Å². The van der Waals surface area contributed by atoms with E-state index in [1.54, 1.807) is 6.07 Å². The van der Waals surface area contributed by atoms with Crippen LogP contribution in [0.4, 0.5) is 13.2 Å². The van der Waals surface area contributed by atoms with E-state index in [1.807, 2.05) is 0 Å². The summed E-state index contributed by atoms with van der Waals surface area (Å²) in [5, 5.41) is 3.46. The van der Waals surface area contributed by atoms with Gasteiger partial charge in [0, 0.05) is 17.9 Å². The second-order valence-corrected chi connectivity index (χ2v) is 5.50. The van der Waals surface area contributed by atoms with E-state index in [0.29, 0.717) is 18.2 Å². The van der Waals surface area contributed by atoms with Crippen molar-refractivity contribution in [2.75, 3.05) is 6.54 Å². The van der Waals surface area contributed by atoms with E-state index in [0.717, 1.165) is 31.2 Å². The van der Waals surface area contributed by atoms with Gasteiger partial charge < -0.3 is 5.32 Å². The lowest BCUT2D eigenvalue weighted by molar-refractivity contribution is -0.145. The summed E-state index contributed by atoms with van der Waals surface area (Å²) in [5.74, 6) is 0.665. The number of aryl methyl sites for hydroxylation is 1. The van der Waals surface area contributed by atoms with Crippen LogP contribution in [0, 0.1) is 11.8 Å². The van der Waals surface area contributed by atoms with Crippen molar-refractivity contribution in [2.24, 2.45) is 11.8 Å². The minimum atomic E-state index is -4.46. The molecule has 0 amide bonds. The molecular formula is C13H16F3N3. The van der Waals surface area contributed by atoms with Gasteiger partial charge in [0.2, 0.25) is 5.82 Å². The highest BCUT2D eigenvalue weighted by Crippen LogP contribution is 2.44. The van der Waals surface area contributed by atoms with Crippen LogP contribution in [0.5, 0.6) is 0 Å². The van der Waals surface area contributed by atoms with Crippen molar-refractivity contribution in [3.63, 3.8) is 0 Å². The van der Waals surface area contributed by atoms with Crippen molar-refractivity contribution in [1.82, 2.24) is 15.3 Å². The molecule has 0 bridgehead atoms. The minimum Gasteiger partial charge on any atom is -0.314 e. The second kappa shape index (κ2) is 4.74. The van der Waals surface area contributed by atoms with Gasteiger partial charge >= 0.3 is 6.18 Å². The number of rotatable bonds is 3. The van der Waals surface area contributed by atoms with Crippen LogP contribution in [0.2, 0.25) is 0 Å². The van der Waals surface area contributed by atoms with E-state index in [4.69, 9.17) is 0 Å². The summed E-state index contributed by atoms with van der Waals surface area (Å²) in [7, 11) is 0. The Bertz CT molecular complexity index is 461. The molecule has 104 valence electrons. The predicted molar refractivity (Wildman–Crippen MR) is 63.4 cm³/mol. The van der Waals surface area contributed by atoms with Crippen molar-refractivity contribution in [1.29, 1.82) is 0 Å². The normalized spacial score (nSPS) is 29.9. The first-order valence-corrected chi connectivity index (χ1v) is 6.65. The van der Waals surface area contributed by atoms with Crippen LogP contribution in [-0.2, 0) is 12.6 Å². The molecule has 0 radical (unpaired) electrons. The van der Waals surface area contributed by atoms with Crippen molar-refractivity contribution in [3.8, 4) is 0 Å². The van der Waals surface area contributed by atoms with Gasteiger partial charge in [-0.15, -0.1) is 0 Å². The number of nitrogens with one attached hydrogen (secondary N) is 1. The van der Waals surface area contributed by atoms with E-state index in [-0.39, 0.29) is 0 Å². The Hall–Kier alpha value is -1.17. The molecule has 1 saturated carbocycles. The Morgan fingerprint density at radius 3 is 2.84 bits per heavy atom. The largest absolute Gasteiger partial charge is 0.451 e. The molecule has 1 aromatic rings. The summed E-state index contributed by atoms with van der Waals surface area (Å²) in [6, 6.07) is 1.99. The van der Waals surface area contributed by atoms with Gasteiger partial charge in [-0.2, -0.15) is 13.2 Å². The van der Waals surface area contributed by atoms with Crippen LogP contribution >= 0.6 is 0 Å². The summed E-state index contributed by atoms with van der Waals surface area (Å²) in [4.78, 5) is 6.87. The molecule has 2 fully saturated rings. The zero-order chi connectivity index (χ0) is 13.5. The summed E-state index contributed by atoms with van der Waals surface area (Å²) < 4.78 is 37.4. The highest BCUT2D eigenvalue weighted by Gasteiger charge is 2.41. The number of nitrogens with zero attached hydrogens (tertiary/aromatic N) is 2. The summed E-state index contributed by atoms with van der Waals surface area (Å²) in [6.45, 7) is 1.06. The van der Waals surface area contributed by atoms with Crippen molar-refractivity contribution in [2.45, 2.75) is 37.9 Å². The number of piperidine rings is 1. The lowest BCUT2D eigenvalue weighted by atomic mass is 9.99. The van der Waals surface area contributed by atoms with Gasteiger partial charge in [-0.1, -0.05) is 0 Å². The average Bonchev–Trinajstić information content (AvgIpc) is 3.14.